The molecule has 0 spiro atoms. The quantitative estimate of drug-likeness (QED) is 0.628. The van der Waals surface area contributed by atoms with Gasteiger partial charge in [0.2, 0.25) is 0 Å². The summed E-state index contributed by atoms with van der Waals surface area (Å²) in [7, 11) is 0. The van der Waals surface area contributed by atoms with E-state index in [0.29, 0.717) is 0 Å². The first-order chi connectivity index (χ1) is 5.95. The van der Waals surface area contributed by atoms with Gasteiger partial charge in [0.25, 0.3) is 0 Å². The zero-order valence-corrected chi connectivity index (χ0v) is 7.76. The molecule has 0 amide bonds. The Kier molecular flexibility index (Phi) is 1.68. The van der Waals surface area contributed by atoms with Crippen LogP contribution in [0.1, 0.15) is 38.5 Å². The minimum atomic E-state index is 0.940. The van der Waals surface area contributed by atoms with E-state index >= 15 is 0 Å². The van der Waals surface area contributed by atoms with Gasteiger partial charge >= 0.3 is 0 Å². The molecule has 3 unspecified atom stereocenters. The number of nitrogens with one attached hydrogen (secondary N) is 1. The summed E-state index contributed by atoms with van der Waals surface area (Å²) in [4.78, 5) is 0. The van der Waals surface area contributed by atoms with Crippen LogP contribution in [0.3, 0.4) is 0 Å². The molecule has 0 aromatic heterocycles. The van der Waals surface area contributed by atoms with Gasteiger partial charge in [-0.2, -0.15) is 0 Å². The van der Waals surface area contributed by atoms with E-state index in [1.54, 1.807) is 0 Å². The minimum Gasteiger partial charge on any atom is -0.313 e. The Hall–Kier alpha value is -0.0400. The molecule has 0 aromatic rings. The second kappa shape index (κ2) is 2.73. The normalized spacial score (nSPS) is 47.5. The molecule has 3 aliphatic rings. The molecule has 3 atom stereocenters. The third-order valence-electron chi connectivity index (χ3n) is 4.17. The van der Waals surface area contributed by atoms with Crippen molar-refractivity contribution >= 4 is 0 Å². The van der Waals surface area contributed by atoms with Gasteiger partial charge < -0.3 is 5.32 Å². The van der Waals surface area contributed by atoms with Crippen LogP contribution in [0, 0.1) is 17.8 Å². The lowest BCUT2D eigenvalue weighted by molar-refractivity contribution is 0.253. The lowest BCUT2D eigenvalue weighted by atomic mass is 9.77. The van der Waals surface area contributed by atoms with E-state index in [-0.39, 0.29) is 0 Å². The SMILES string of the molecule is C1CCC2C(C1)CNC2C1CC1. The molecule has 0 aromatic carbocycles. The highest BCUT2D eigenvalue weighted by atomic mass is 15.0. The molecule has 12 heavy (non-hydrogen) atoms. The van der Waals surface area contributed by atoms with Crippen LogP contribution >= 0.6 is 0 Å². The largest absolute Gasteiger partial charge is 0.313 e. The third kappa shape index (κ3) is 1.10. The molecule has 3 fully saturated rings. The number of rotatable bonds is 1. The van der Waals surface area contributed by atoms with Crippen LogP contribution in [-0.4, -0.2) is 12.6 Å². The van der Waals surface area contributed by atoms with Crippen LogP contribution in [0.15, 0.2) is 0 Å². The fourth-order valence-corrected chi connectivity index (χ4v) is 3.37. The van der Waals surface area contributed by atoms with Gasteiger partial charge in [-0.3, -0.25) is 0 Å². The van der Waals surface area contributed by atoms with Gasteiger partial charge in [0.1, 0.15) is 0 Å². The maximum Gasteiger partial charge on any atom is 0.0127 e. The molecule has 0 bridgehead atoms. The average Bonchev–Trinajstić information content (AvgIpc) is 2.86. The van der Waals surface area contributed by atoms with E-state index in [4.69, 9.17) is 0 Å². The standard InChI is InChI=1S/C11H19N/c1-2-4-10-9(3-1)7-12-11(10)8-5-6-8/h8-12H,1-7H2. The van der Waals surface area contributed by atoms with E-state index in [1.807, 2.05) is 0 Å². The Bertz CT molecular complexity index is 174. The van der Waals surface area contributed by atoms with Crippen molar-refractivity contribution in [3.05, 3.63) is 0 Å². The molecule has 1 N–H and O–H groups in total. The molecule has 0 radical (unpaired) electrons. The summed E-state index contributed by atoms with van der Waals surface area (Å²) in [6.07, 6.45) is 9.08. The lowest BCUT2D eigenvalue weighted by Crippen LogP contribution is -2.30. The minimum absolute atomic E-state index is 0.940. The monoisotopic (exact) mass is 165 g/mol. The molecule has 1 nitrogen and oxygen atoms in total. The summed E-state index contributed by atoms with van der Waals surface area (Å²) in [6.45, 7) is 1.34. The van der Waals surface area contributed by atoms with Gasteiger partial charge in [-0.1, -0.05) is 12.8 Å². The van der Waals surface area contributed by atoms with Gasteiger partial charge in [-0.05, 0) is 50.0 Å². The smallest absolute Gasteiger partial charge is 0.0127 e. The summed E-state index contributed by atoms with van der Waals surface area (Å²) < 4.78 is 0. The molecule has 1 heterocycles. The first kappa shape index (κ1) is 7.37. The van der Waals surface area contributed by atoms with Crippen LogP contribution in [0.5, 0.6) is 0 Å². The Morgan fingerprint density at radius 1 is 0.833 bits per heavy atom. The Labute approximate surface area is 74.9 Å². The highest BCUT2D eigenvalue weighted by molar-refractivity contribution is 4.99. The Morgan fingerprint density at radius 2 is 1.67 bits per heavy atom. The fraction of sp³-hybridized carbons (Fsp3) is 1.00. The van der Waals surface area contributed by atoms with E-state index in [1.165, 1.54) is 45.1 Å². The maximum atomic E-state index is 3.76. The van der Waals surface area contributed by atoms with Crippen molar-refractivity contribution in [2.75, 3.05) is 6.54 Å². The van der Waals surface area contributed by atoms with Crippen molar-refractivity contribution in [1.82, 2.24) is 5.32 Å². The molecule has 68 valence electrons. The predicted octanol–water partition coefficient (Wildman–Crippen LogP) is 2.17. The van der Waals surface area contributed by atoms with Crippen molar-refractivity contribution in [3.8, 4) is 0 Å². The number of hydrogen-bond acceptors (Lipinski definition) is 1. The van der Waals surface area contributed by atoms with Crippen molar-refractivity contribution in [1.29, 1.82) is 0 Å². The van der Waals surface area contributed by atoms with Crippen LogP contribution < -0.4 is 5.32 Å². The summed E-state index contributed by atoms with van der Waals surface area (Å²) in [5, 5.41) is 3.76. The average molecular weight is 165 g/mol. The second-order valence-electron chi connectivity index (χ2n) is 4.98. The van der Waals surface area contributed by atoms with E-state index in [2.05, 4.69) is 5.32 Å². The molecule has 1 saturated heterocycles. The molecular formula is C11H19N. The van der Waals surface area contributed by atoms with Crippen molar-refractivity contribution in [3.63, 3.8) is 0 Å². The van der Waals surface area contributed by atoms with Gasteiger partial charge in [-0.25, -0.2) is 0 Å². The van der Waals surface area contributed by atoms with Crippen LogP contribution in [-0.2, 0) is 0 Å². The summed E-state index contributed by atoms with van der Waals surface area (Å²) in [5.41, 5.74) is 0. The van der Waals surface area contributed by atoms with Crippen LogP contribution in [0.25, 0.3) is 0 Å². The van der Waals surface area contributed by atoms with E-state index in [0.717, 1.165) is 23.8 Å². The van der Waals surface area contributed by atoms with Gasteiger partial charge in [0.05, 0.1) is 0 Å². The van der Waals surface area contributed by atoms with Crippen molar-refractivity contribution in [2.24, 2.45) is 17.8 Å². The summed E-state index contributed by atoms with van der Waals surface area (Å²) >= 11 is 0. The molecule has 2 saturated carbocycles. The van der Waals surface area contributed by atoms with Crippen LogP contribution in [0.4, 0.5) is 0 Å². The second-order valence-corrected chi connectivity index (χ2v) is 4.98. The third-order valence-corrected chi connectivity index (χ3v) is 4.17. The maximum absolute atomic E-state index is 3.76. The van der Waals surface area contributed by atoms with Gasteiger partial charge in [-0.15, -0.1) is 0 Å². The zero-order chi connectivity index (χ0) is 7.97. The number of fused-ring (bicyclic) bond motifs is 1. The highest BCUT2D eigenvalue weighted by Gasteiger charge is 2.44. The fourth-order valence-electron chi connectivity index (χ4n) is 3.37. The van der Waals surface area contributed by atoms with Gasteiger partial charge in [0.15, 0.2) is 0 Å². The molecule has 1 aliphatic heterocycles. The molecule has 3 rings (SSSR count). The Balaban J connectivity index is 1.72. The predicted molar refractivity (Wildman–Crippen MR) is 50.0 cm³/mol. The first-order valence-electron chi connectivity index (χ1n) is 5.68. The van der Waals surface area contributed by atoms with Gasteiger partial charge in [0, 0.05) is 6.04 Å². The van der Waals surface area contributed by atoms with Crippen molar-refractivity contribution < 1.29 is 0 Å². The Morgan fingerprint density at radius 3 is 2.50 bits per heavy atom. The van der Waals surface area contributed by atoms with E-state index < -0.39 is 0 Å². The highest BCUT2D eigenvalue weighted by Crippen LogP contribution is 2.45. The number of hydrogen-bond donors (Lipinski definition) is 1. The topological polar surface area (TPSA) is 12.0 Å². The molecular weight excluding hydrogens is 146 g/mol. The van der Waals surface area contributed by atoms with E-state index in [9.17, 15) is 0 Å². The first-order valence-corrected chi connectivity index (χ1v) is 5.68. The zero-order valence-electron chi connectivity index (χ0n) is 7.76. The summed E-state index contributed by atoms with van der Waals surface area (Å²) in [6, 6.07) is 0.940. The molecule has 2 aliphatic carbocycles. The molecule has 1 heteroatoms. The summed E-state index contributed by atoms with van der Waals surface area (Å²) in [5.74, 6) is 3.22. The van der Waals surface area contributed by atoms with Crippen molar-refractivity contribution in [2.45, 2.75) is 44.6 Å². The lowest BCUT2D eigenvalue weighted by Gasteiger charge is -2.28. The van der Waals surface area contributed by atoms with Crippen LogP contribution in [0.2, 0.25) is 0 Å².